The van der Waals surface area contributed by atoms with Gasteiger partial charge < -0.3 is 9.84 Å². The highest BCUT2D eigenvalue weighted by Crippen LogP contribution is 2.31. The third kappa shape index (κ3) is 5.74. The smallest absolute Gasteiger partial charge is 0.271 e. The molecule has 0 aromatic heterocycles. The van der Waals surface area contributed by atoms with Gasteiger partial charge >= 0.3 is 0 Å². The lowest BCUT2D eigenvalue weighted by atomic mass is 10.2. The Morgan fingerprint density at radius 3 is 2.45 bits per heavy atom. The predicted octanol–water partition coefficient (Wildman–Crippen LogP) is 2.62. The lowest BCUT2D eigenvalue weighted by Crippen LogP contribution is -2.48. The first-order valence-electron chi connectivity index (χ1n) is 9.75. The molecule has 1 aliphatic rings. The minimum Gasteiger partial charge on any atom is -0.506 e. The van der Waals surface area contributed by atoms with Crippen molar-refractivity contribution in [3.05, 3.63) is 62.1 Å². The molecule has 0 unspecified atom stereocenters. The molecule has 0 saturated carbocycles. The standard InChI is InChI=1S/C20H21BrN4O7S/c1-12-10-24(11-13(2)32-12)33(30,31)17-5-3-14(4-6-17)20(27)23-22-9-15-7-16(25(28)29)8-18(21)19(15)26/h3-9,12-13,26H,10-11H2,1-2H3,(H,23,27)/b22-9-/t12-,13+. The number of phenolic OH excluding ortho intramolecular Hbond substituents is 1. The molecule has 2 aromatic rings. The normalized spacial score (nSPS) is 19.5. The zero-order chi connectivity index (χ0) is 24.3. The second-order valence-electron chi connectivity index (χ2n) is 7.43. The summed E-state index contributed by atoms with van der Waals surface area (Å²) in [5.41, 5.74) is 2.14. The van der Waals surface area contributed by atoms with Gasteiger partial charge in [-0.05, 0) is 54.0 Å². The van der Waals surface area contributed by atoms with Gasteiger partial charge in [0, 0.05) is 36.3 Å². The van der Waals surface area contributed by atoms with Crippen molar-refractivity contribution in [1.29, 1.82) is 0 Å². The molecule has 1 fully saturated rings. The SMILES string of the molecule is C[C@@H]1CN(S(=O)(=O)c2ccc(C(=O)N/N=C\c3cc([N+](=O)[O-])cc(Br)c3O)cc2)C[C@H](C)O1. The van der Waals surface area contributed by atoms with Crippen molar-refractivity contribution in [3.8, 4) is 5.75 Å². The van der Waals surface area contributed by atoms with Crippen LogP contribution >= 0.6 is 15.9 Å². The van der Waals surface area contributed by atoms with E-state index in [0.29, 0.717) is 0 Å². The molecule has 13 heteroatoms. The zero-order valence-electron chi connectivity index (χ0n) is 17.6. The van der Waals surface area contributed by atoms with E-state index >= 15 is 0 Å². The van der Waals surface area contributed by atoms with Gasteiger partial charge in [0.2, 0.25) is 10.0 Å². The van der Waals surface area contributed by atoms with Gasteiger partial charge in [-0.2, -0.15) is 9.41 Å². The molecule has 1 aliphatic heterocycles. The average molecular weight is 541 g/mol. The lowest BCUT2D eigenvalue weighted by molar-refractivity contribution is -0.385. The van der Waals surface area contributed by atoms with Crippen molar-refractivity contribution in [1.82, 2.24) is 9.73 Å². The summed E-state index contributed by atoms with van der Waals surface area (Å²) in [5.74, 6) is -0.910. The van der Waals surface area contributed by atoms with Crippen LogP contribution in [-0.2, 0) is 14.8 Å². The summed E-state index contributed by atoms with van der Waals surface area (Å²) < 4.78 is 32.8. The Morgan fingerprint density at radius 2 is 1.88 bits per heavy atom. The molecule has 1 saturated heterocycles. The Kier molecular flexibility index (Phi) is 7.47. The van der Waals surface area contributed by atoms with Gasteiger partial charge in [0.05, 0.1) is 32.7 Å². The van der Waals surface area contributed by atoms with Crippen LogP contribution in [0.15, 0.2) is 50.9 Å². The molecular weight excluding hydrogens is 520 g/mol. The number of nitro benzene ring substituents is 1. The van der Waals surface area contributed by atoms with Crippen LogP contribution in [0, 0.1) is 10.1 Å². The molecule has 0 radical (unpaired) electrons. The number of hydrogen-bond donors (Lipinski definition) is 2. The highest BCUT2D eigenvalue weighted by atomic mass is 79.9. The summed E-state index contributed by atoms with van der Waals surface area (Å²) in [7, 11) is -3.74. The number of sulfonamides is 1. The number of hydrazone groups is 1. The fraction of sp³-hybridized carbons (Fsp3) is 0.300. The summed E-state index contributed by atoms with van der Waals surface area (Å²) in [6.07, 6.45) is 0.611. The third-order valence-corrected chi connectivity index (χ3v) is 7.25. The van der Waals surface area contributed by atoms with Crippen molar-refractivity contribution in [2.75, 3.05) is 13.1 Å². The summed E-state index contributed by atoms with van der Waals surface area (Å²) in [6, 6.07) is 7.62. The maximum atomic E-state index is 12.9. The van der Waals surface area contributed by atoms with E-state index in [1.165, 1.54) is 28.6 Å². The quantitative estimate of drug-likeness (QED) is 0.324. The molecule has 0 aliphatic carbocycles. The van der Waals surface area contributed by atoms with Crippen LogP contribution in [0.2, 0.25) is 0 Å². The highest BCUT2D eigenvalue weighted by molar-refractivity contribution is 9.10. The molecule has 3 rings (SSSR count). The van der Waals surface area contributed by atoms with E-state index in [0.717, 1.165) is 18.3 Å². The number of carbonyl (C=O) groups is 1. The summed E-state index contributed by atoms with van der Waals surface area (Å²) in [5, 5.41) is 24.7. The first-order valence-corrected chi connectivity index (χ1v) is 12.0. The van der Waals surface area contributed by atoms with Gasteiger partial charge in [0.25, 0.3) is 11.6 Å². The number of aromatic hydroxyl groups is 1. The summed E-state index contributed by atoms with van der Waals surface area (Å²) in [6.45, 7) is 4.09. The van der Waals surface area contributed by atoms with Crippen LogP contribution in [0.5, 0.6) is 5.75 Å². The van der Waals surface area contributed by atoms with E-state index in [1.54, 1.807) is 13.8 Å². The molecule has 33 heavy (non-hydrogen) atoms. The minimum absolute atomic E-state index is 0.0202. The first-order chi connectivity index (χ1) is 15.5. The predicted molar refractivity (Wildman–Crippen MR) is 123 cm³/mol. The number of hydrogen-bond acceptors (Lipinski definition) is 8. The van der Waals surface area contributed by atoms with Crippen LogP contribution in [0.3, 0.4) is 0 Å². The Morgan fingerprint density at radius 1 is 1.27 bits per heavy atom. The molecule has 1 amide bonds. The Bertz CT molecular complexity index is 1190. The Hall–Kier alpha value is -2.87. The molecular formula is C20H21BrN4O7S. The van der Waals surface area contributed by atoms with E-state index in [9.17, 15) is 28.4 Å². The van der Waals surface area contributed by atoms with Gasteiger partial charge in [-0.3, -0.25) is 14.9 Å². The maximum Gasteiger partial charge on any atom is 0.271 e. The second-order valence-corrected chi connectivity index (χ2v) is 10.2. The Balaban J connectivity index is 1.71. The van der Waals surface area contributed by atoms with E-state index in [4.69, 9.17) is 4.74 Å². The van der Waals surface area contributed by atoms with E-state index in [1.807, 2.05) is 0 Å². The van der Waals surface area contributed by atoms with Gasteiger partial charge in [0.15, 0.2) is 0 Å². The summed E-state index contributed by atoms with van der Waals surface area (Å²) in [4.78, 5) is 22.7. The average Bonchev–Trinajstić information content (AvgIpc) is 2.75. The topological polar surface area (TPSA) is 151 Å². The number of morpholine rings is 1. The number of ether oxygens (including phenoxy) is 1. The zero-order valence-corrected chi connectivity index (χ0v) is 20.0. The largest absolute Gasteiger partial charge is 0.506 e. The van der Waals surface area contributed by atoms with E-state index in [2.05, 4.69) is 26.5 Å². The number of nitrogens with zero attached hydrogens (tertiary/aromatic N) is 3. The molecule has 2 N–H and O–H groups in total. The second kappa shape index (κ2) is 9.95. The van der Waals surface area contributed by atoms with E-state index < -0.39 is 20.9 Å². The number of rotatable bonds is 6. The fourth-order valence-electron chi connectivity index (χ4n) is 3.29. The molecule has 0 spiro atoms. The van der Waals surface area contributed by atoms with Gasteiger partial charge in [-0.25, -0.2) is 13.8 Å². The number of nitrogens with one attached hydrogen (secondary N) is 1. The number of amides is 1. The molecule has 176 valence electrons. The number of phenols is 1. The third-order valence-electron chi connectivity index (χ3n) is 4.80. The number of benzene rings is 2. The number of halogens is 1. The van der Waals surface area contributed by atoms with Crippen molar-refractivity contribution >= 4 is 43.8 Å². The van der Waals surface area contributed by atoms with Crippen molar-refractivity contribution in [3.63, 3.8) is 0 Å². The maximum absolute atomic E-state index is 12.9. The monoisotopic (exact) mass is 540 g/mol. The number of nitro groups is 1. The van der Waals surface area contributed by atoms with Gasteiger partial charge in [0.1, 0.15) is 5.75 Å². The minimum atomic E-state index is -3.74. The fourth-order valence-corrected chi connectivity index (χ4v) is 5.34. The van der Waals surface area contributed by atoms with Crippen LogP contribution in [0.1, 0.15) is 29.8 Å². The highest BCUT2D eigenvalue weighted by Gasteiger charge is 2.32. The van der Waals surface area contributed by atoms with E-state index in [-0.39, 0.29) is 57.2 Å². The van der Waals surface area contributed by atoms with Gasteiger partial charge in [-0.15, -0.1) is 0 Å². The van der Waals surface area contributed by atoms with Crippen molar-refractivity contribution in [2.45, 2.75) is 31.0 Å². The molecule has 2 aromatic carbocycles. The lowest BCUT2D eigenvalue weighted by Gasteiger charge is -2.34. The van der Waals surface area contributed by atoms with Crippen molar-refractivity contribution in [2.24, 2.45) is 5.10 Å². The number of carbonyl (C=O) groups excluding carboxylic acids is 1. The van der Waals surface area contributed by atoms with Crippen LogP contribution in [0.4, 0.5) is 5.69 Å². The van der Waals surface area contributed by atoms with Crippen LogP contribution in [0.25, 0.3) is 0 Å². The number of non-ortho nitro benzene ring substituents is 1. The van der Waals surface area contributed by atoms with Crippen LogP contribution in [-0.4, -0.2) is 60.2 Å². The Labute approximate surface area is 198 Å². The van der Waals surface area contributed by atoms with Crippen molar-refractivity contribution < 1.29 is 28.0 Å². The first kappa shape index (κ1) is 24.8. The molecule has 0 bridgehead atoms. The molecule has 1 heterocycles. The summed E-state index contributed by atoms with van der Waals surface area (Å²) >= 11 is 3.02. The molecule has 11 nitrogen and oxygen atoms in total. The van der Waals surface area contributed by atoms with Crippen LogP contribution < -0.4 is 5.43 Å². The molecule has 2 atom stereocenters. The van der Waals surface area contributed by atoms with Gasteiger partial charge in [-0.1, -0.05) is 0 Å².